The third-order valence-electron chi connectivity index (χ3n) is 3.11. The average molecular weight is 219 g/mol. The molecule has 1 fully saturated rings. The van der Waals surface area contributed by atoms with Crippen LogP contribution in [0.3, 0.4) is 0 Å². The number of likely N-dealkylation sites (N-methyl/N-ethyl adjacent to an activating group) is 1. The van der Waals surface area contributed by atoms with Gasteiger partial charge in [0, 0.05) is 12.6 Å². The van der Waals surface area contributed by atoms with Crippen molar-refractivity contribution in [3.05, 3.63) is 29.8 Å². The summed E-state index contributed by atoms with van der Waals surface area (Å²) in [5.74, 6) is -1.31. The summed E-state index contributed by atoms with van der Waals surface area (Å²) in [5.41, 5.74) is 1.69. The number of benzene rings is 1. The highest BCUT2D eigenvalue weighted by molar-refractivity contribution is 6.05. The highest BCUT2D eigenvalue weighted by atomic mass is 16.7. The minimum Gasteiger partial charge on any atom is -0.338 e. The van der Waals surface area contributed by atoms with Crippen molar-refractivity contribution in [2.75, 3.05) is 25.2 Å². The molecule has 0 atom stereocenters. The van der Waals surface area contributed by atoms with Gasteiger partial charge in [0.15, 0.2) is 0 Å². The van der Waals surface area contributed by atoms with E-state index < -0.39 is 5.79 Å². The van der Waals surface area contributed by atoms with E-state index in [1.807, 2.05) is 24.3 Å². The van der Waals surface area contributed by atoms with E-state index in [0.717, 1.165) is 17.7 Å². The summed E-state index contributed by atoms with van der Waals surface area (Å²) < 4.78 is 11.2. The second-order valence-electron chi connectivity index (χ2n) is 4.05. The van der Waals surface area contributed by atoms with Gasteiger partial charge in [-0.1, -0.05) is 18.2 Å². The van der Waals surface area contributed by atoms with Crippen LogP contribution in [0.25, 0.3) is 0 Å². The summed E-state index contributed by atoms with van der Waals surface area (Å²) in [4.78, 5) is 13.8. The Bertz CT molecular complexity index is 438. The normalized spacial score (nSPS) is 22.6. The molecule has 84 valence electrons. The fourth-order valence-electron chi connectivity index (χ4n) is 2.30. The van der Waals surface area contributed by atoms with Crippen molar-refractivity contribution >= 4 is 11.6 Å². The van der Waals surface area contributed by atoms with Crippen molar-refractivity contribution in [3.8, 4) is 0 Å². The third kappa shape index (κ3) is 1.08. The first-order valence-electron chi connectivity index (χ1n) is 5.41. The van der Waals surface area contributed by atoms with Crippen molar-refractivity contribution < 1.29 is 14.3 Å². The Morgan fingerprint density at radius 3 is 2.69 bits per heavy atom. The summed E-state index contributed by atoms with van der Waals surface area (Å²) in [5, 5.41) is 0. The lowest BCUT2D eigenvalue weighted by Gasteiger charge is -2.32. The average Bonchev–Trinajstić information content (AvgIpc) is 2.55. The van der Waals surface area contributed by atoms with Gasteiger partial charge in [0.1, 0.15) is 0 Å². The molecule has 0 bridgehead atoms. The maximum atomic E-state index is 12.2. The molecule has 1 amide bonds. The lowest BCUT2D eigenvalue weighted by molar-refractivity contribution is -0.256. The van der Waals surface area contributed by atoms with Crippen molar-refractivity contribution in [1.29, 1.82) is 0 Å². The van der Waals surface area contributed by atoms with E-state index in [2.05, 4.69) is 0 Å². The van der Waals surface area contributed by atoms with Crippen LogP contribution in [0, 0.1) is 0 Å². The number of hydrogen-bond donors (Lipinski definition) is 0. The Morgan fingerprint density at radius 2 is 1.94 bits per heavy atom. The molecule has 16 heavy (non-hydrogen) atoms. The molecule has 1 saturated heterocycles. The Morgan fingerprint density at radius 1 is 1.25 bits per heavy atom. The van der Waals surface area contributed by atoms with Crippen LogP contribution in [0.15, 0.2) is 24.3 Å². The Hall–Kier alpha value is -1.39. The maximum Gasteiger partial charge on any atom is 0.292 e. The van der Waals surface area contributed by atoms with Gasteiger partial charge in [-0.3, -0.25) is 4.79 Å². The molecular weight excluding hydrogens is 206 g/mol. The molecule has 2 heterocycles. The number of carbonyl (C=O) groups excluding carboxylic acids is 1. The molecule has 0 radical (unpaired) electrons. The summed E-state index contributed by atoms with van der Waals surface area (Å²) in [6.45, 7) is 1.13. The van der Waals surface area contributed by atoms with Gasteiger partial charge in [0.05, 0.1) is 18.9 Å². The molecular formula is C12H13NO3. The van der Waals surface area contributed by atoms with Crippen molar-refractivity contribution in [3.63, 3.8) is 0 Å². The van der Waals surface area contributed by atoms with Crippen LogP contribution < -0.4 is 4.90 Å². The number of ether oxygens (including phenoxy) is 2. The third-order valence-corrected chi connectivity index (χ3v) is 3.11. The molecule has 1 spiro atoms. The predicted molar refractivity (Wildman–Crippen MR) is 58.1 cm³/mol. The number of fused-ring (bicyclic) bond motifs is 2. The molecule has 0 saturated carbocycles. The highest BCUT2D eigenvalue weighted by Crippen LogP contribution is 2.44. The monoisotopic (exact) mass is 219 g/mol. The van der Waals surface area contributed by atoms with Gasteiger partial charge >= 0.3 is 0 Å². The van der Waals surface area contributed by atoms with Crippen LogP contribution in [-0.2, 0) is 20.1 Å². The van der Waals surface area contributed by atoms with Gasteiger partial charge < -0.3 is 14.4 Å². The van der Waals surface area contributed by atoms with E-state index in [-0.39, 0.29) is 5.91 Å². The molecule has 1 aromatic carbocycles. The van der Waals surface area contributed by atoms with Gasteiger partial charge in [0.25, 0.3) is 11.7 Å². The SMILES string of the molecule is CN1C(=O)C2(OCCCO2)c2ccccc21. The van der Waals surface area contributed by atoms with E-state index in [9.17, 15) is 4.79 Å². The predicted octanol–water partition coefficient (Wildman–Crippen LogP) is 1.25. The molecule has 2 aliphatic rings. The Balaban J connectivity index is 2.16. The highest BCUT2D eigenvalue weighted by Gasteiger charge is 2.53. The summed E-state index contributed by atoms with van der Waals surface area (Å²) >= 11 is 0. The maximum absolute atomic E-state index is 12.2. The van der Waals surface area contributed by atoms with Gasteiger partial charge in [-0.25, -0.2) is 0 Å². The first-order chi connectivity index (χ1) is 7.76. The number of hydrogen-bond acceptors (Lipinski definition) is 3. The summed E-state index contributed by atoms with van der Waals surface area (Å²) in [7, 11) is 1.75. The van der Waals surface area contributed by atoms with E-state index >= 15 is 0 Å². The molecule has 1 aromatic rings. The van der Waals surface area contributed by atoms with Gasteiger partial charge in [-0.2, -0.15) is 0 Å². The van der Waals surface area contributed by atoms with Crippen molar-refractivity contribution in [2.24, 2.45) is 0 Å². The second-order valence-corrected chi connectivity index (χ2v) is 4.05. The lowest BCUT2D eigenvalue weighted by Crippen LogP contribution is -2.46. The zero-order chi connectivity index (χ0) is 11.2. The van der Waals surface area contributed by atoms with Crippen LogP contribution in [0.5, 0.6) is 0 Å². The van der Waals surface area contributed by atoms with Crippen molar-refractivity contribution in [1.82, 2.24) is 0 Å². The summed E-state index contributed by atoms with van der Waals surface area (Å²) in [6, 6.07) is 7.60. The number of para-hydroxylation sites is 1. The first kappa shape index (κ1) is 9.81. The molecule has 0 aromatic heterocycles. The number of anilines is 1. The molecule has 3 rings (SSSR count). The molecule has 4 nitrogen and oxygen atoms in total. The van der Waals surface area contributed by atoms with Crippen LogP contribution in [0.4, 0.5) is 5.69 Å². The van der Waals surface area contributed by atoms with E-state index in [1.165, 1.54) is 0 Å². The second kappa shape index (κ2) is 3.30. The number of amides is 1. The minimum absolute atomic E-state index is 0.131. The van der Waals surface area contributed by atoms with Crippen LogP contribution in [-0.4, -0.2) is 26.2 Å². The molecule has 0 N–H and O–H groups in total. The molecule has 0 aliphatic carbocycles. The number of carbonyl (C=O) groups is 1. The van der Waals surface area contributed by atoms with E-state index in [4.69, 9.17) is 9.47 Å². The van der Waals surface area contributed by atoms with Gasteiger partial charge in [0.2, 0.25) is 0 Å². The first-order valence-corrected chi connectivity index (χ1v) is 5.41. The fourth-order valence-corrected chi connectivity index (χ4v) is 2.30. The van der Waals surface area contributed by atoms with Gasteiger partial charge in [-0.15, -0.1) is 0 Å². The molecule has 2 aliphatic heterocycles. The smallest absolute Gasteiger partial charge is 0.292 e. The number of rotatable bonds is 0. The van der Waals surface area contributed by atoms with Crippen LogP contribution in [0.2, 0.25) is 0 Å². The van der Waals surface area contributed by atoms with Crippen LogP contribution >= 0.6 is 0 Å². The zero-order valence-electron chi connectivity index (χ0n) is 9.10. The zero-order valence-corrected chi connectivity index (χ0v) is 9.10. The van der Waals surface area contributed by atoms with E-state index in [0.29, 0.717) is 13.2 Å². The Kier molecular flexibility index (Phi) is 2.02. The van der Waals surface area contributed by atoms with Gasteiger partial charge in [-0.05, 0) is 12.5 Å². The molecule has 0 unspecified atom stereocenters. The standard InChI is InChI=1S/C12H13NO3/c1-13-10-6-3-2-5-9(10)12(11(13)14)15-7-4-8-16-12/h2-3,5-6H,4,7-8H2,1H3. The topological polar surface area (TPSA) is 38.8 Å². The summed E-state index contributed by atoms with van der Waals surface area (Å²) in [6.07, 6.45) is 0.834. The quantitative estimate of drug-likeness (QED) is 0.659. The largest absolute Gasteiger partial charge is 0.338 e. The van der Waals surface area contributed by atoms with Crippen LogP contribution in [0.1, 0.15) is 12.0 Å². The minimum atomic E-state index is -1.18. The fraction of sp³-hybridized carbons (Fsp3) is 0.417. The lowest BCUT2D eigenvalue weighted by atomic mass is 10.1. The molecule has 4 heteroatoms. The number of nitrogens with zero attached hydrogens (tertiary/aromatic N) is 1. The van der Waals surface area contributed by atoms with Crippen molar-refractivity contribution in [2.45, 2.75) is 12.2 Å². The Labute approximate surface area is 93.8 Å². The van der Waals surface area contributed by atoms with E-state index in [1.54, 1.807) is 11.9 Å².